The van der Waals surface area contributed by atoms with Crippen molar-refractivity contribution in [3.05, 3.63) is 0 Å². The summed E-state index contributed by atoms with van der Waals surface area (Å²) in [6.07, 6.45) is 3.96. The number of carbonyl (C=O) groups excluding carboxylic acids is 3. The van der Waals surface area contributed by atoms with Gasteiger partial charge in [-0.15, -0.1) is 0 Å². The van der Waals surface area contributed by atoms with E-state index < -0.39 is 5.92 Å². The number of rotatable bonds is 3. The molecule has 12 heavy (non-hydrogen) atoms. The van der Waals surface area contributed by atoms with Crippen LogP contribution in [0.2, 0.25) is 0 Å². The van der Waals surface area contributed by atoms with E-state index in [1.54, 1.807) is 0 Å². The van der Waals surface area contributed by atoms with Gasteiger partial charge in [-0.1, -0.05) is 0 Å². The van der Waals surface area contributed by atoms with Gasteiger partial charge in [-0.25, -0.2) is 0 Å². The molecule has 3 nitrogen and oxygen atoms in total. The van der Waals surface area contributed by atoms with Crippen LogP contribution in [-0.4, -0.2) is 18.4 Å². The number of hydrogen-bond donors (Lipinski definition) is 0. The first-order chi connectivity index (χ1) is 5.77. The molecule has 0 radical (unpaired) electrons. The monoisotopic (exact) mass is 168 g/mol. The van der Waals surface area contributed by atoms with Crippen molar-refractivity contribution in [2.24, 2.45) is 11.8 Å². The highest BCUT2D eigenvalue weighted by atomic mass is 16.1. The summed E-state index contributed by atoms with van der Waals surface area (Å²) in [7, 11) is 0. The highest BCUT2D eigenvalue weighted by Gasteiger charge is 2.26. The van der Waals surface area contributed by atoms with Crippen molar-refractivity contribution in [3.63, 3.8) is 0 Å². The zero-order valence-electron chi connectivity index (χ0n) is 6.86. The summed E-state index contributed by atoms with van der Waals surface area (Å²) < 4.78 is 0. The Bertz CT molecular complexity index is 190. The Morgan fingerprint density at radius 3 is 2.50 bits per heavy atom. The van der Waals surface area contributed by atoms with E-state index in [1.807, 2.05) is 0 Å². The van der Waals surface area contributed by atoms with Gasteiger partial charge in [-0.05, 0) is 18.8 Å². The summed E-state index contributed by atoms with van der Waals surface area (Å²) in [6.45, 7) is 0. The Hall–Kier alpha value is -0.990. The first-order valence-corrected chi connectivity index (χ1v) is 4.20. The van der Waals surface area contributed by atoms with Crippen molar-refractivity contribution in [2.75, 3.05) is 0 Å². The van der Waals surface area contributed by atoms with Crippen LogP contribution in [0.4, 0.5) is 0 Å². The molecule has 0 amide bonds. The Kier molecular flexibility index (Phi) is 3.14. The molecular formula is C9H12O3. The second kappa shape index (κ2) is 4.14. The van der Waals surface area contributed by atoms with Gasteiger partial charge in [0.15, 0.2) is 0 Å². The molecule has 1 aliphatic rings. The maximum atomic E-state index is 11.0. The quantitative estimate of drug-likeness (QED) is 0.461. The topological polar surface area (TPSA) is 51.2 Å². The van der Waals surface area contributed by atoms with Crippen molar-refractivity contribution in [3.8, 4) is 0 Å². The molecule has 0 heterocycles. The Labute approximate surface area is 71.1 Å². The molecule has 0 saturated heterocycles. The molecular weight excluding hydrogens is 156 g/mol. The Morgan fingerprint density at radius 2 is 2.00 bits per heavy atom. The lowest BCUT2D eigenvalue weighted by atomic mass is 9.81. The molecule has 0 aromatic heterocycles. The molecule has 3 heteroatoms. The second-order valence-corrected chi connectivity index (χ2v) is 3.24. The van der Waals surface area contributed by atoms with Gasteiger partial charge in [0, 0.05) is 12.8 Å². The normalized spacial score (nSPS) is 24.1. The standard InChI is InChI=1S/C9H12O3/c10-5-8(6-11)7-2-1-3-9(12)4-7/h5-8H,1-4H2. The Balaban J connectivity index is 2.54. The van der Waals surface area contributed by atoms with Crippen LogP contribution in [0.5, 0.6) is 0 Å². The maximum Gasteiger partial charge on any atom is 0.133 e. The second-order valence-electron chi connectivity index (χ2n) is 3.24. The lowest BCUT2D eigenvalue weighted by Crippen LogP contribution is -2.24. The van der Waals surface area contributed by atoms with Gasteiger partial charge in [0.05, 0.1) is 5.92 Å². The van der Waals surface area contributed by atoms with Gasteiger partial charge >= 0.3 is 0 Å². The van der Waals surface area contributed by atoms with Crippen molar-refractivity contribution < 1.29 is 14.4 Å². The molecule has 1 atom stereocenters. The van der Waals surface area contributed by atoms with Crippen molar-refractivity contribution >= 4 is 18.4 Å². The number of carbonyl (C=O) groups is 3. The lowest BCUT2D eigenvalue weighted by Gasteiger charge is -2.21. The smallest absolute Gasteiger partial charge is 0.133 e. The summed E-state index contributed by atoms with van der Waals surface area (Å²) >= 11 is 0. The zero-order valence-corrected chi connectivity index (χ0v) is 6.86. The minimum atomic E-state index is -0.561. The maximum absolute atomic E-state index is 11.0. The van der Waals surface area contributed by atoms with Gasteiger partial charge in [0.2, 0.25) is 0 Å². The van der Waals surface area contributed by atoms with Crippen LogP contribution in [0.3, 0.4) is 0 Å². The number of ketones is 1. The third-order valence-corrected chi connectivity index (χ3v) is 2.38. The molecule has 0 aromatic carbocycles. The predicted octanol–water partition coefficient (Wildman–Crippen LogP) is 0.760. The van der Waals surface area contributed by atoms with E-state index in [0.29, 0.717) is 25.4 Å². The first kappa shape index (κ1) is 9.10. The summed E-state index contributed by atoms with van der Waals surface area (Å²) in [6, 6.07) is 0. The van der Waals surface area contributed by atoms with E-state index in [-0.39, 0.29) is 11.7 Å². The van der Waals surface area contributed by atoms with E-state index in [1.165, 1.54) is 0 Å². The summed E-state index contributed by atoms with van der Waals surface area (Å²) in [5.41, 5.74) is 0. The zero-order chi connectivity index (χ0) is 8.97. The van der Waals surface area contributed by atoms with E-state index >= 15 is 0 Å². The summed E-state index contributed by atoms with van der Waals surface area (Å²) in [5, 5.41) is 0. The summed E-state index contributed by atoms with van der Waals surface area (Å²) in [4.78, 5) is 31.8. The molecule has 0 N–H and O–H groups in total. The number of Topliss-reactive ketones (excluding diaryl/α,β-unsaturated/α-hetero) is 1. The average Bonchev–Trinajstić information content (AvgIpc) is 2.07. The molecule has 0 bridgehead atoms. The molecule has 0 spiro atoms. The Morgan fingerprint density at radius 1 is 1.33 bits per heavy atom. The van der Waals surface area contributed by atoms with Crippen LogP contribution >= 0.6 is 0 Å². The minimum absolute atomic E-state index is 0.0266. The SMILES string of the molecule is O=CC(C=O)C1CCCC(=O)C1. The van der Waals surface area contributed by atoms with E-state index in [2.05, 4.69) is 0 Å². The van der Waals surface area contributed by atoms with Crippen LogP contribution in [0.15, 0.2) is 0 Å². The van der Waals surface area contributed by atoms with Crippen LogP contribution in [0.25, 0.3) is 0 Å². The predicted molar refractivity (Wildman–Crippen MR) is 42.6 cm³/mol. The number of aldehydes is 2. The van der Waals surface area contributed by atoms with Gasteiger partial charge in [0.1, 0.15) is 18.4 Å². The van der Waals surface area contributed by atoms with E-state index in [0.717, 1.165) is 12.8 Å². The molecule has 1 saturated carbocycles. The van der Waals surface area contributed by atoms with Crippen LogP contribution in [0, 0.1) is 11.8 Å². The van der Waals surface area contributed by atoms with Crippen molar-refractivity contribution in [2.45, 2.75) is 25.7 Å². The molecule has 1 fully saturated rings. The minimum Gasteiger partial charge on any atom is -0.303 e. The highest BCUT2D eigenvalue weighted by molar-refractivity contribution is 5.83. The fourth-order valence-corrected chi connectivity index (χ4v) is 1.64. The van der Waals surface area contributed by atoms with Gasteiger partial charge < -0.3 is 9.59 Å². The molecule has 0 aromatic rings. The van der Waals surface area contributed by atoms with Crippen LogP contribution in [-0.2, 0) is 14.4 Å². The van der Waals surface area contributed by atoms with Gasteiger partial charge in [0.25, 0.3) is 0 Å². The van der Waals surface area contributed by atoms with Crippen molar-refractivity contribution in [1.29, 1.82) is 0 Å². The van der Waals surface area contributed by atoms with Crippen LogP contribution in [0.1, 0.15) is 25.7 Å². The average molecular weight is 168 g/mol. The molecule has 1 aliphatic carbocycles. The third kappa shape index (κ3) is 2.00. The third-order valence-electron chi connectivity index (χ3n) is 2.38. The number of hydrogen-bond acceptors (Lipinski definition) is 3. The van der Waals surface area contributed by atoms with Crippen LogP contribution < -0.4 is 0 Å². The largest absolute Gasteiger partial charge is 0.303 e. The first-order valence-electron chi connectivity index (χ1n) is 4.20. The highest BCUT2D eigenvalue weighted by Crippen LogP contribution is 2.26. The summed E-state index contributed by atoms with van der Waals surface area (Å²) in [5.74, 6) is -0.407. The van der Waals surface area contributed by atoms with Crippen molar-refractivity contribution in [1.82, 2.24) is 0 Å². The molecule has 1 unspecified atom stereocenters. The molecule has 0 aliphatic heterocycles. The van der Waals surface area contributed by atoms with Gasteiger partial charge in [-0.2, -0.15) is 0 Å². The molecule has 1 rings (SSSR count). The molecule has 66 valence electrons. The van der Waals surface area contributed by atoms with E-state index in [4.69, 9.17) is 0 Å². The fraction of sp³-hybridized carbons (Fsp3) is 0.667. The van der Waals surface area contributed by atoms with Gasteiger partial charge in [-0.3, -0.25) is 4.79 Å². The fourth-order valence-electron chi connectivity index (χ4n) is 1.64. The van der Waals surface area contributed by atoms with E-state index in [9.17, 15) is 14.4 Å². The lowest BCUT2D eigenvalue weighted by molar-refractivity contribution is -0.125.